The molecule has 1 aromatic heterocycles. The zero-order valence-corrected chi connectivity index (χ0v) is 13.3. The number of amides is 1. The van der Waals surface area contributed by atoms with Crippen molar-refractivity contribution in [3.05, 3.63) is 41.1 Å². The molecule has 1 amide bonds. The number of thiocarbonyl (C=S) groups is 1. The highest BCUT2D eigenvalue weighted by atomic mass is 32.2. The highest BCUT2D eigenvalue weighted by Crippen LogP contribution is 2.26. The summed E-state index contributed by atoms with van der Waals surface area (Å²) in [5.41, 5.74) is 1.37. The van der Waals surface area contributed by atoms with Gasteiger partial charge in [-0.1, -0.05) is 41.3 Å². The first-order valence-corrected chi connectivity index (χ1v) is 7.79. The molecule has 6 nitrogen and oxygen atoms in total. The lowest BCUT2D eigenvalue weighted by Gasteiger charge is -2.08. The Labute approximate surface area is 136 Å². The molecule has 8 heteroatoms. The fourth-order valence-corrected chi connectivity index (χ4v) is 2.97. The van der Waals surface area contributed by atoms with Crippen LogP contribution >= 0.6 is 24.0 Å². The molecule has 1 aromatic carbocycles. The van der Waals surface area contributed by atoms with Gasteiger partial charge in [0, 0.05) is 0 Å². The molecule has 0 bridgehead atoms. The van der Waals surface area contributed by atoms with Crippen molar-refractivity contribution < 1.29 is 9.53 Å². The lowest BCUT2D eigenvalue weighted by Crippen LogP contribution is -2.17. The van der Waals surface area contributed by atoms with Crippen molar-refractivity contribution in [3.8, 4) is 11.4 Å². The van der Waals surface area contributed by atoms with Crippen molar-refractivity contribution in [1.82, 2.24) is 20.3 Å². The summed E-state index contributed by atoms with van der Waals surface area (Å²) in [6, 6.07) is 7.56. The Balaban J connectivity index is 1.90. The average Bonchev–Trinajstić information content (AvgIpc) is 3.07. The summed E-state index contributed by atoms with van der Waals surface area (Å²) in [4.78, 5) is 12.2. The van der Waals surface area contributed by atoms with Crippen LogP contribution in [0.2, 0.25) is 0 Å². The maximum atomic E-state index is 11.6. The molecule has 1 aliphatic heterocycles. The van der Waals surface area contributed by atoms with Crippen molar-refractivity contribution >= 4 is 40.3 Å². The van der Waals surface area contributed by atoms with Crippen LogP contribution in [0.3, 0.4) is 0 Å². The Kier molecular flexibility index (Phi) is 4.21. The lowest BCUT2D eigenvalue weighted by molar-refractivity contribution is -0.115. The van der Waals surface area contributed by atoms with E-state index in [1.807, 2.05) is 31.2 Å². The van der Waals surface area contributed by atoms with Gasteiger partial charge in [-0.15, -0.1) is 5.10 Å². The maximum Gasteiger partial charge on any atom is 0.263 e. The van der Waals surface area contributed by atoms with Gasteiger partial charge < -0.3 is 10.1 Å². The van der Waals surface area contributed by atoms with Gasteiger partial charge in [-0.05, 0) is 25.1 Å². The Morgan fingerprint density at radius 3 is 3.00 bits per heavy atom. The van der Waals surface area contributed by atoms with Crippen molar-refractivity contribution in [3.63, 3.8) is 0 Å². The van der Waals surface area contributed by atoms with E-state index in [0.29, 0.717) is 21.5 Å². The number of hydrogen-bond donors (Lipinski definition) is 1. The van der Waals surface area contributed by atoms with E-state index in [1.165, 1.54) is 11.8 Å². The van der Waals surface area contributed by atoms with Gasteiger partial charge in [0.2, 0.25) is 0 Å². The Bertz CT molecular complexity index is 770. The molecule has 22 heavy (non-hydrogen) atoms. The molecule has 1 saturated heterocycles. The maximum absolute atomic E-state index is 11.6. The molecule has 1 N–H and O–H groups in total. The topological polar surface area (TPSA) is 69.0 Å². The number of nitrogens with one attached hydrogen (secondary N) is 1. The van der Waals surface area contributed by atoms with Gasteiger partial charge in [0.05, 0.1) is 17.7 Å². The van der Waals surface area contributed by atoms with Crippen LogP contribution in [0.5, 0.6) is 5.75 Å². The SMILES string of the molecule is CCOc1ccccc1-n1cc(/C=C2\SC(=S)NC2=O)nn1. The molecule has 0 atom stereocenters. The molecule has 1 fully saturated rings. The summed E-state index contributed by atoms with van der Waals surface area (Å²) >= 11 is 6.16. The zero-order valence-electron chi connectivity index (χ0n) is 11.6. The van der Waals surface area contributed by atoms with Gasteiger partial charge in [0.1, 0.15) is 21.5 Å². The summed E-state index contributed by atoms with van der Waals surface area (Å²) in [6.07, 6.45) is 3.39. The van der Waals surface area contributed by atoms with Crippen LogP contribution in [0.15, 0.2) is 35.4 Å². The molecule has 3 rings (SSSR count). The smallest absolute Gasteiger partial charge is 0.263 e. The molecule has 112 valence electrons. The number of para-hydroxylation sites is 2. The quantitative estimate of drug-likeness (QED) is 0.683. The van der Waals surface area contributed by atoms with Crippen molar-refractivity contribution in [2.24, 2.45) is 0 Å². The van der Waals surface area contributed by atoms with Gasteiger partial charge >= 0.3 is 0 Å². The molecule has 2 aromatic rings. The number of thioether (sulfide) groups is 1. The number of rotatable bonds is 4. The van der Waals surface area contributed by atoms with Crippen molar-refractivity contribution in [1.29, 1.82) is 0 Å². The molecular formula is C14H12N4O2S2. The van der Waals surface area contributed by atoms with Crippen LogP contribution in [-0.4, -0.2) is 31.8 Å². The fourth-order valence-electron chi connectivity index (χ4n) is 1.94. The summed E-state index contributed by atoms with van der Waals surface area (Å²) in [6.45, 7) is 2.49. The van der Waals surface area contributed by atoms with Crippen LogP contribution in [0.25, 0.3) is 11.8 Å². The highest BCUT2D eigenvalue weighted by molar-refractivity contribution is 8.26. The van der Waals surface area contributed by atoms with Crippen molar-refractivity contribution in [2.45, 2.75) is 6.92 Å². The molecule has 0 unspecified atom stereocenters. The molecule has 0 spiro atoms. The largest absolute Gasteiger partial charge is 0.492 e. The Hall–Kier alpha value is -2.19. The molecule has 0 saturated carbocycles. The van der Waals surface area contributed by atoms with Gasteiger partial charge in [0.15, 0.2) is 0 Å². The van der Waals surface area contributed by atoms with E-state index in [1.54, 1.807) is 17.0 Å². The minimum Gasteiger partial charge on any atom is -0.492 e. The van der Waals surface area contributed by atoms with Gasteiger partial charge in [-0.2, -0.15) is 0 Å². The van der Waals surface area contributed by atoms with Crippen LogP contribution in [0, 0.1) is 0 Å². The van der Waals surface area contributed by atoms with Crippen LogP contribution < -0.4 is 10.1 Å². The number of nitrogens with zero attached hydrogens (tertiary/aromatic N) is 3. The average molecular weight is 332 g/mol. The minimum absolute atomic E-state index is 0.209. The molecule has 1 aliphatic rings. The standard InChI is InChI=1S/C14H12N4O2S2/c1-2-20-11-6-4-3-5-10(11)18-8-9(16-17-18)7-12-13(19)15-14(21)22-12/h3-8H,2H2,1H3,(H,15,19,21)/b12-7-. The molecule has 0 aliphatic carbocycles. The first kappa shape index (κ1) is 14.7. The number of carbonyl (C=O) groups is 1. The van der Waals surface area contributed by atoms with E-state index in [4.69, 9.17) is 17.0 Å². The summed E-state index contributed by atoms with van der Waals surface area (Å²) in [7, 11) is 0. The Morgan fingerprint density at radius 1 is 1.45 bits per heavy atom. The molecular weight excluding hydrogens is 320 g/mol. The third kappa shape index (κ3) is 3.02. The van der Waals surface area contributed by atoms with E-state index in [-0.39, 0.29) is 5.91 Å². The third-order valence-corrected chi connectivity index (χ3v) is 4.01. The van der Waals surface area contributed by atoms with Crippen molar-refractivity contribution in [2.75, 3.05) is 6.61 Å². The first-order valence-electron chi connectivity index (χ1n) is 6.57. The van der Waals surface area contributed by atoms with E-state index >= 15 is 0 Å². The summed E-state index contributed by atoms with van der Waals surface area (Å²) in [5, 5.41) is 10.7. The number of ether oxygens (including phenoxy) is 1. The zero-order chi connectivity index (χ0) is 15.5. The second kappa shape index (κ2) is 6.29. The highest BCUT2D eigenvalue weighted by Gasteiger charge is 2.22. The first-order chi connectivity index (χ1) is 10.7. The monoisotopic (exact) mass is 332 g/mol. The number of aromatic nitrogens is 3. The third-order valence-electron chi connectivity index (χ3n) is 2.84. The van der Waals surface area contributed by atoms with E-state index in [2.05, 4.69) is 15.6 Å². The predicted molar refractivity (Wildman–Crippen MR) is 88.8 cm³/mol. The number of benzene rings is 1. The van der Waals surface area contributed by atoms with Crippen LogP contribution in [-0.2, 0) is 4.79 Å². The van der Waals surface area contributed by atoms with Gasteiger partial charge in [-0.25, -0.2) is 4.68 Å². The second-order valence-corrected chi connectivity index (χ2v) is 6.06. The molecule has 0 radical (unpaired) electrons. The summed E-state index contributed by atoms with van der Waals surface area (Å²) < 4.78 is 7.64. The van der Waals surface area contributed by atoms with Crippen LogP contribution in [0.4, 0.5) is 0 Å². The number of hydrogen-bond acceptors (Lipinski definition) is 6. The van der Waals surface area contributed by atoms with Gasteiger partial charge in [-0.3, -0.25) is 4.79 Å². The molecule has 2 heterocycles. The fraction of sp³-hybridized carbons (Fsp3) is 0.143. The number of carbonyl (C=O) groups excluding carboxylic acids is 1. The lowest BCUT2D eigenvalue weighted by atomic mass is 10.3. The summed E-state index contributed by atoms with van der Waals surface area (Å²) in [5.74, 6) is 0.516. The normalized spacial score (nSPS) is 16.1. The Morgan fingerprint density at radius 2 is 2.27 bits per heavy atom. The van der Waals surface area contributed by atoms with E-state index in [9.17, 15) is 4.79 Å². The minimum atomic E-state index is -0.209. The van der Waals surface area contributed by atoms with E-state index in [0.717, 1.165) is 11.4 Å². The van der Waals surface area contributed by atoms with Gasteiger partial charge in [0.25, 0.3) is 5.91 Å². The second-order valence-electron chi connectivity index (χ2n) is 4.34. The van der Waals surface area contributed by atoms with E-state index < -0.39 is 0 Å². The van der Waals surface area contributed by atoms with Crippen LogP contribution in [0.1, 0.15) is 12.6 Å². The predicted octanol–water partition coefficient (Wildman–Crippen LogP) is 2.15.